The predicted octanol–water partition coefficient (Wildman–Crippen LogP) is 2.80. The van der Waals surface area contributed by atoms with Gasteiger partial charge in [0.2, 0.25) is 0 Å². The Morgan fingerprint density at radius 1 is 1.32 bits per heavy atom. The number of aryl methyl sites for hydroxylation is 1. The van der Waals surface area contributed by atoms with Gasteiger partial charge in [-0.25, -0.2) is 0 Å². The standard InChI is InChI=1S/C15H23NO3/c1-10(2)8-16(9-15(18)19)12(4)13-7-11(3)5-6-14(13)17/h5-7,10,12,17H,8-9H2,1-4H3,(H,18,19). The second-order valence-electron chi connectivity index (χ2n) is 5.46. The maximum Gasteiger partial charge on any atom is 0.317 e. The van der Waals surface area contributed by atoms with E-state index in [1.165, 1.54) is 0 Å². The molecular weight excluding hydrogens is 242 g/mol. The van der Waals surface area contributed by atoms with Gasteiger partial charge >= 0.3 is 5.97 Å². The number of phenols is 1. The quantitative estimate of drug-likeness (QED) is 0.830. The minimum Gasteiger partial charge on any atom is -0.508 e. The van der Waals surface area contributed by atoms with Crippen molar-refractivity contribution in [2.45, 2.75) is 33.7 Å². The molecule has 2 N–H and O–H groups in total. The van der Waals surface area contributed by atoms with Crippen LogP contribution in [0.15, 0.2) is 18.2 Å². The van der Waals surface area contributed by atoms with Crippen LogP contribution in [0.25, 0.3) is 0 Å². The van der Waals surface area contributed by atoms with E-state index in [4.69, 9.17) is 5.11 Å². The molecule has 0 aliphatic carbocycles. The molecular formula is C15H23NO3. The smallest absolute Gasteiger partial charge is 0.317 e. The van der Waals surface area contributed by atoms with Gasteiger partial charge in [0.15, 0.2) is 0 Å². The number of phenolic OH excluding ortho intramolecular Hbond substituents is 1. The Bertz CT molecular complexity index is 443. The van der Waals surface area contributed by atoms with E-state index in [0.717, 1.165) is 11.1 Å². The monoisotopic (exact) mass is 265 g/mol. The highest BCUT2D eigenvalue weighted by atomic mass is 16.4. The largest absolute Gasteiger partial charge is 0.508 e. The second-order valence-corrected chi connectivity index (χ2v) is 5.46. The van der Waals surface area contributed by atoms with E-state index in [2.05, 4.69) is 13.8 Å². The number of aliphatic carboxylic acids is 1. The SMILES string of the molecule is Cc1ccc(O)c(C(C)N(CC(=O)O)CC(C)C)c1. The van der Waals surface area contributed by atoms with Gasteiger partial charge < -0.3 is 10.2 Å². The van der Waals surface area contributed by atoms with Crippen LogP contribution in [0, 0.1) is 12.8 Å². The van der Waals surface area contributed by atoms with Gasteiger partial charge in [-0.15, -0.1) is 0 Å². The van der Waals surface area contributed by atoms with Gasteiger partial charge in [0.25, 0.3) is 0 Å². The van der Waals surface area contributed by atoms with Gasteiger partial charge in [0.05, 0.1) is 6.54 Å². The van der Waals surface area contributed by atoms with Gasteiger partial charge in [0.1, 0.15) is 5.75 Å². The normalized spacial score (nSPS) is 12.9. The topological polar surface area (TPSA) is 60.8 Å². The molecule has 0 spiro atoms. The molecule has 1 aromatic rings. The van der Waals surface area contributed by atoms with E-state index >= 15 is 0 Å². The summed E-state index contributed by atoms with van der Waals surface area (Å²) in [6.07, 6.45) is 0. The molecule has 0 amide bonds. The molecule has 1 unspecified atom stereocenters. The molecule has 1 rings (SSSR count). The number of rotatable bonds is 6. The van der Waals surface area contributed by atoms with Crippen LogP contribution < -0.4 is 0 Å². The van der Waals surface area contributed by atoms with E-state index in [9.17, 15) is 9.90 Å². The zero-order valence-electron chi connectivity index (χ0n) is 12.1. The van der Waals surface area contributed by atoms with Crippen molar-refractivity contribution in [3.05, 3.63) is 29.3 Å². The first-order chi connectivity index (χ1) is 8.81. The van der Waals surface area contributed by atoms with Gasteiger partial charge in [-0.1, -0.05) is 31.5 Å². The van der Waals surface area contributed by atoms with E-state index in [0.29, 0.717) is 12.5 Å². The van der Waals surface area contributed by atoms with Crippen molar-refractivity contribution in [2.75, 3.05) is 13.1 Å². The summed E-state index contributed by atoms with van der Waals surface area (Å²) < 4.78 is 0. The lowest BCUT2D eigenvalue weighted by atomic mass is 10.0. The van der Waals surface area contributed by atoms with Crippen molar-refractivity contribution >= 4 is 5.97 Å². The van der Waals surface area contributed by atoms with Crippen LogP contribution >= 0.6 is 0 Å². The first-order valence-corrected chi connectivity index (χ1v) is 6.56. The van der Waals surface area contributed by atoms with Gasteiger partial charge in [-0.2, -0.15) is 0 Å². The molecule has 0 saturated heterocycles. The van der Waals surface area contributed by atoms with E-state index in [1.807, 2.05) is 30.9 Å². The van der Waals surface area contributed by atoms with Crippen LogP contribution in [-0.2, 0) is 4.79 Å². The number of benzene rings is 1. The van der Waals surface area contributed by atoms with Crippen LogP contribution in [0.4, 0.5) is 0 Å². The Kier molecular flexibility index (Phi) is 5.36. The molecule has 19 heavy (non-hydrogen) atoms. The third kappa shape index (κ3) is 4.56. The highest BCUT2D eigenvalue weighted by Gasteiger charge is 2.21. The lowest BCUT2D eigenvalue weighted by molar-refractivity contribution is -0.139. The van der Waals surface area contributed by atoms with Gasteiger partial charge in [-0.3, -0.25) is 9.69 Å². The molecule has 0 radical (unpaired) electrons. The molecule has 4 nitrogen and oxygen atoms in total. The first-order valence-electron chi connectivity index (χ1n) is 6.56. The van der Waals surface area contributed by atoms with Crippen molar-refractivity contribution in [3.8, 4) is 5.75 Å². The van der Waals surface area contributed by atoms with Crippen LogP contribution in [0.5, 0.6) is 5.75 Å². The molecule has 0 saturated carbocycles. The maximum atomic E-state index is 11.0. The number of carboxylic acid groups (broad SMARTS) is 1. The van der Waals surface area contributed by atoms with E-state index in [-0.39, 0.29) is 18.3 Å². The molecule has 4 heteroatoms. The minimum atomic E-state index is -0.848. The summed E-state index contributed by atoms with van der Waals surface area (Å²) in [5.41, 5.74) is 1.83. The summed E-state index contributed by atoms with van der Waals surface area (Å²) in [4.78, 5) is 12.9. The summed E-state index contributed by atoms with van der Waals surface area (Å²) in [7, 11) is 0. The molecule has 106 valence electrons. The Labute approximate surface area is 114 Å². The summed E-state index contributed by atoms with van der Waals surface area (Å²) in [6, 6.07) is 5.29. The fourth-order valence-electron chi connectivity index (χ4n) is 2.21. The van der Waals surface area contributed by atoms with Crippen LogP contribution in [0.2, 0.25) is 0 Å². The Morgan fingerprint density at radius 3 is 2.47 bits per heavy atom. The van der Waals surface area contributed by atoms with Crippen LogP contribution in [0.3, 0.4) is 0 Å². The molecule has 0 fully saturated rings. The summed E-state index contributed by atoms with van der Waals surface area (Å²) >= 11 is 0. The summed E-state index contributed by atoms with van der Waals surface area (Å²) in [5, 5.41) is 19.0. The molecule has 0 bridgehead atoms. The Morgan fingerprint density at radius 2 is 1.95 bits per heavy atom. The maximum absolute atomic E-state index is 11.0. The van der Waals surface area contributed by atoms with Crippen molar-refractivity contribution in [3.63, 3.8) is 0 Å². The van der Waals surface area contributed by atoms with Crippen molar-refractivity contribution < 1.29 is 15.0 Å². The zero-order valence-corrected chi connectivity index (χ0v) is 12.1. The summed E-state index contributed by atoms with van der Waals surface area (Å²) in [6.45, 7) is 8.66. The fourth-order valence-corrected chi connectivity index (χ4v) is 2.21. The highest BCUT2D eigenvalue weighted by molar-refractivity contribution is 5.69. The second kappa shape index (κ2) is 6.57. The molecule has 0 heterocycles. The Balaban J connectivity index is 3.00. The zero-order chi connectivity index (χ0) is 14.6. The van der Waals surface area contributed by atoms with Crippen LogP contribution in [0.1, 0.15) is 37.9 Å². The minimum absolute atomic E-state index is 0.0211. The lowest BCUT2D eigenvalue weighted by Crippen LogP contribution is -2.35. The van der Waals surface area contributed by atoms with Crippen molar-refractivity contribution in [2.24, 2.45) is 5.92 Å². The van der Waals surface area contributed by atoms with Crippen molar-refractivity contribution in [1.82, 2.24) is 4.90 Å². The fraction of sp³-hybridized carbons (Fsp3) is 0.533. The van der Waals surface area contributed by atoms with Gasteiger partial charge in [0, 0.05) is 18.2 Å². The first kappa shape index (κ1) is 15.5. The van der Waals surface area contributed by atoms with E-state index in [1.54, 1.807) is 6.07 Å². The number of hydrogen-bond donors (Lipinski definition) is 2. The molecule has 0 aromatic heterocycles. The molecule has 1 atom stereocenters. The Hall–Kier alpha value is -1.55. The van der Waals surface area contributed by atoms with Gasteiger partial charge in [-0.05, 0) is 25.8 Å². The number of nitrogens with zero attached hydrogens (tertiary/aromatic N) is 1. The van der Waals surface area contributed by atoms with Crippen molar-refractivity contribution in [1.29, 1.82) is 0 Å². The average molecular weight is 265 g/mol. The third-order valence-corrected chi connectivity index (χ3v) is 3.12. The number of aromatic hydroxyl groups is 1. The predicted molar refractivity (Wildman–Crippen MR) is 75.3 cm³/mol. The lowest BCUT2D eigenvalue weighted by Gasteiger charge is -2.30. The average Bonchev–Trinajstić information content (AvgIpc) is 2.29. The third-order valence-electron chi connectivity index (χ3n) is 3.12. The molecule has 1 aromatic carbocycles. The van der Waals surface area contributed by atoms with E-state index < -0.39 is 5.97 Å². The number of carboxylic acids is 1. The summed E-state index contributed by atoms with van der Waals surface area (Å²) in [5.74, 6) is -0.259. The van der Waals surface area contributed by atoms with Crippen LogP contribution in [-0.4, -0.2) is 34.2 Å². The number of hydrogen-bond acceptors (Lipinski definition) is 3. The molecule has 0 aliphatic heterocycles. The number of carbonyl (C=O) groups is 1. The molecule has 0 aliphatic rings. The highest BCUT2D eigenvalue weighted by Crippen LogP contribution is 2.29.